The van der Waals surface area contributed by atoms with Crippen molar-refractivity contribution in [3.8, 4) is 0 Å². The maximum Gasteiger partial charge on any atom is 0.223 e. The van der Waals surface area contributed by atoms with E-state index < -0.39 is 0 Å². The molecule has 2 N–H and O–H groups in total. The van der Waals surface area contributed by atoms with E-state index in [4.69, 9.17) is 5.73 Å². The maximum absolute atomic E-state index is 11.7. The fourth-order valence-electron chi connectivity index (χ4n) is 2.67. The molecule has 0 aromatic carbocycles. The van der Waals surface area contributed by atoms with Gasteiger partial charge in [-0.15, -0.1) is 0 Å². The number of hydrogen-bond donors (Lipinski definition) is 1. The molecule has 0 radical (unpaired) electrons. The summed E-state index contributed by atoms with van der Waals surface area (Å²) in [6, 6.07) is 0.371. The van der Waals surface area contributed by atoms with E-state index in [1.54, 1.807) is 0 Å². The summed E-state index contributed by atoms with van der Waals surface area (Å²) in [6.45, 7) is 0.554. The second-order valence-corrected chi connectivity index (χ2v) is 4.64. The second-order valence-electron chi connectivity index (χ2n) is 4.64. The summed E-state index contributed by atoms with van der Waals surface area (Å²) >= 11 is 0. The van der Waals surface area contributed by atoms with Gasteiger partial charge in [0.2, 0.25) is 11.8 Å². The molecule has 4 heteroatoms. The fraction of sp³-hybridized carbons (Fsp3) is 0.818. The number of nitrogens with two attached hydrogens (primary N) is 1. The standard InChI is InChI=1S/C11H18N2O2/c12-11(15)8-6-10(14)13(7-8)9-4-2-1-3-5-9/h8-9H,1-7H2,(H2,12,15). The monoisotopic (exact) mass is 210 g/mol. The number of carbonyl (C=O) groups excluding carboxylic acids is 2. The van der Waals surface area contributed by atoms with Crippen molar-refractivity contribution in [1.82, 2.24) is 4.90 Å². The van der Waals surface area contributed by atoms with Crippen molar-refractivity contribution in [3.05, 3.63) is 0 Å². The third-order valence-electron chi connectivity index (χ3n) is 3.58. The molecule has 0 bridgehead atoms. The molecular weight excluding hydrogens is 192 g/mol. The lowest BCUT2D eigenvalue weighted by Crippen LogP contribution is -2.38. The van der Waals surface area contributed by atoms with Gasteiger partial charge in [0.05, 0.1) is 5.92 Å². The summed E-state index contributed by atoms with van der Waals surface area (Å²) in [6.07, 6.45) is 6.20. The van der Waals surface area contributed by atoms with E-state index in [9.17, 15) is 9.59 Å². The van der Waals surface area contributed by atoms with Crippen molar-refractivity contribution in [2.45, 2.75) is 44.6 Å². The quantitative estimate of drug-likeness (QED) is 0.727. The summed E-state index contributed by atoms with van der Waals surface area (Å²) in [5, 5.41) is 0. The van der Waals surface area contributed by atoms with Crippen LogP contribution >= 0.6 is 0 Å². The van der Waals surface area contributed by atoms with Crippen LogP contribution in [0.1, 0.15) is 38.5 Å². The van der Waals surface area contributed by atoms with Gasteiger partial charge in [0.1, 0.15) is 0 Å². The maximum atomic E-state index is 11.7. The fourth-order valence-corrected chi connectivity index (χ4v) is 2.67. The summed E-state index contributed by atoms with van der Waals surface area (Å²) in [5.41, 5.74) is 5.23. The minimum absolute atomic E-state index is 0.116. The van der Waals surface area contributed by atoms with Gasteiger partial charge in [-0.1, -0.05) is 19.3 Å². The lowest BCUT2D eigenvalue weighted by molar-refractivity contribution is -0.130. The zero-order valence-electron chi connectivity index (χ0n) is 8.95. The molecule has 1 saturated carbocycles. The number of rotatable bonds is 2. The van der Waals surface area contributed by atoms with Crippen LogP contribution in [0.3, 0.4) is 0 Å². The molecular formula is C11H18N2O2. The van der Waals surface area contributed by atoms with Gasteiger partial charge in [0, 0.05) is 19.0 Å². The van der Waals surface area contributed by atoms with E-state index in [1.165, 1.54) is 19.3 Å². The van der Waals surface area contributed by atoms with Crippen LogP contribution in [0.25, 0.3) is 0 Å². The zero-order valence-corrected chi connectivity index (χ0v) is 8.95. The van der Waals surface area contributed by atoms with Crippen LogP contribution in [0, 0.1) is 5.92 Å². The molecule has 2 amide bonds. The lowest BCUT2D eigenvalue weighted by Gasteiger charge is -2.31. The van der Waals surface area contributed by atoms with Gasteiger partial charge in [0.15, 0.2) is 0 Å². The molecule has 84 valence electrons. The number of carbonyl (C=O) groups is 2. The Morgan fingerprint density at radius 3 is 2.47 bits per heavy atom. The Hall–Kier alpha value is -1.06. The van der Waals surface area contributed by atoms with Crippen molar-refractivity contribution in [2.24, 2.45) is 11.7 Å². The number of likely N-dealkylation sites (tertiary alicyclic amines) is 1. The second kappa shape index (κ2) is 4.21. The molecule has 1 atom stereocenters. The average Bonchev–Trinajstić information content (AvgIpc) is 2.62. The van der Waals surface area contributed by atoms with Crippen molar-refractivity contribution < 1.29 is 9.59 Å². The molecule has 0 aromatic heterocycles. The first-order valence-electron chi connectivity index (χ1n) is 5.77. The normalized spacial score (nSPS) is 28.4. The van der Waals surface area contributed by atoms with Gasteiger partial charge in [-0.3, -0.25) is 9.59 Å². The van der Waals surface area contributed by atoms with Crippen molar-refractivity contribution in [1.29, 1.82) is 0 Å². The molecule has 1 saturated heterocycles. The van der Waals surface area contributed by atoms with Gasteiger partial charge < -0.3 is 10.6 Å². The van der Waals surface area contributed by atoms with Gasteiger partial charge in [-0.25, -0.2) is 0 Å². The van der Waals surface area contributed by atoms with Crippen LogP contribution in [-0.4, -0.2) is 29.3 Å². The van der Waals surface area contributed by atoms with Gasteiger partial charge in [0.25, 0.3) is 0 Å². The molecule has 1 aliphatic carbocycles. The molecule has 0 spiro atoms. The Morgan fingerprint density at radius 1 is 1.27 bits per heavy atom. The smallest absolute Gasteiger partial charge is 0.223 e. The largest absolute Gasteiger partial charge is 0.369 e. The van der Waals surface area contributed by atoms with Gasteiger partial charge in [-0.05, 0) is 12.8 Å². The zero-order chi connectivity index (χ0) is 10.8. The van der Waals surface area contributed by atoms with E-state index in [2.05, 4.69) is 0 Å². The van der Waals surface area contributed by atoms with E-state index in [1.807, 2.05) is 4.90 Å². The van der Waals surface area contributed by atoms with Crippen LogP contribution < -0.4 is 5.73 Å². The van der Waals surface area contributed by atoms with Gasteiger partial charge in [-0.2, -0.15) is 0 Å². The molecule has 0 aromatic rings. The van der Waals surface area contributed by atoms with Crippen molar-refractivity contribution in [3.63, 3.8) is 0 Å². The summed E-state index contributed by atoms with van der Waals surface area (Å²) in [7, 11) is 0. The molecule has 1 heterocycles. The Balaban J connectivity index is 1.97. The third-order valence-corrected chi connectivity index (χ3v) is 3.58. The summed E-state index contributed by atoms with van der Waals surface area (Å²) in [5.74, 6) is -0.466. The van der Waals surface area contributed by atoms with E-state index >= 15 is 0 Å². The number of primary amides is 1. The molecule has 15 heavy (non-hydrogen) atoms. The molecule has 2 fully saturated rings. The topological polar surface area (TPSA) is 63.4 Å². The van der Waals surface area contributed by atoms with Crippen LogP contribution in [-0.2, 0) is 9.59 Å². The minimum Gasteiger partial charge on any atom is -0.369 e. The Labute approximate surface area is 89.8 Å². The third kappa shape index (κ3) is 2.13. The highest BCUT2D eigenvalue weighted by molar-refractivity contribution is 5.88. The molecule has 1 aliphatic heterocycles. The predicted octanol–water partition coefficient (Wildman–Crippen LogP) is 0.653. The SMILES string of the molecule is NC(=O)C1CC(=O)N(C2CCCCC2)C1. The van der Waals surface area contributed by atoms with Crippen LogP contribution in [0.5, 0.6) is 0 Å². The average molecular weight is 210 g/mol. The Kier molecular flexibility index (Phi) is 2.93. The highest BCUT2D eigenvalue weighted by atomic mass is 16.2. The number of nitrogens with zero attached hydrogens (tertiary/aromatic N) is 1. The van der Waals surface area contributed by atoms with Crippen LogP contribution in [0.4, 0.5) is 0 Å². The summed E-state index contributed by atoms with van der Waals surface area (Å²) < 4.78 is 0. The minimum atomic E-state index is -0.332. The van der Waals surface area contributed by atoms with E-state index in [0.717, 1.165) is 12.8 Å². The number of hydrogen-bond acceptors (Lipinski definition) is 2. The van der Waals surface area contributed by atoms with Crippen LogP contribution in [0.2, 0.25) is 0 Å². The first-order chi connectivity index (χ1) is 7.18. The predicted molar refractivity (Wildman–Crippen MR) is 55.9 cm³/mol. The van der Waals surface area contributed by atoms with Gasteiger partial charge >= 0.3 is 0 Å². The highest BCUT2D eigenvalue weighted by Gasteiger charge is 2.37. The van der Waals surface area contributed by atoms with E-state index in [0.29, 0.717) is 19.0 Å². The molecule has 2 aliphatic rings. The van der Waals surface area contributed by atoms with Crippen LogP contribution in [0.15, 0.2) is 0 Å². The number of amides is 2. The first kappa shape index (κ1) is 10.5. The van der Waals surface area contributed by atoms with E-state index in [-0.39, 0.29) is 17.7 Å². The Bertz CT molecular complexity index is 272. The van der Waals surface area contributed by atoms with Crippen molar-refractivity contribution in [2.75, 3.05) is 6.54 Å². The summed E-state index contributed by atoms with van der Waals surface area (Å²) in [4.78, 5) is 24.6. The first-order valence-corrected chi connectivity index (χ1v) is 5.77. The lowest BCUT2D eigenvalue weighted by atomic mass is 9.94. The molecule has 4 nitrogen and oxygen atoms in total. The highest BCUT2D eigenvalue weighted by Crippen LogP contribution is 2.28. The molecule has 1 unspecified atom stereocenters. The Morgan fingerprint density at radius 2 is 1.93 bits per heavy atom. The van der Waals surface area contributed by atoms with Crippen molar-refractivity contribution >= 4 is 11.8 Å². The molecule has 2 rings (SSSR count).